The molecule has 0 aliphatic carbocycles. The molecule has 2 aliphatic heterocycles. The SMILES string of the molecule is N#Cc1cccnc1N[C@@H]1CN[C@H](C(=O)N2CCC(F)C2)C1. The number of anilines is 1. The van der Waals surface area contributed by atoms with E-state index in [0.717, 1.165) is 0 Å². The van der Waals surface area contributed by atoms with Crippen LogP contribution < -0.4 is 10.6 Å². The third-order valence-corrected chi connectivity index (χ3v) is 4.14. The topological polar surface area (TPSA) is 81.0 Å². The molecule has 2 aliphatic rings. The minimum absolute atomic E-state index is 0.0275. The van der Waals surface area contributed by atoms with E-state index in [1.165, 1.54) is 0 Å². The molecule has 0 saturated carbocycles. The first-order valence-electron chi connectivity index (χ1n) is 7.45. The predicted molar refractivity (Wildman–Crippen MR) is 78.9 cm³/mol. The van der Waals surface area contributed by atoms with Crippen molar-refractivity contribution in [2.75, 3.05) is 25.0 Å². The summed E-state index contributed by atoms with van der Waals surface area (Å²) in [5, 5.41) is 15.4. The van der Waals surface area contributed by atoms with E-state index in [0.29, 0.717) is 37.3 Å². The number of amides is 1. The molecule has 0 radical (unpaired) electrons. The number of nitrogens with zero attached hydrogens (tertiary/aromatic N) is 3. The summed E-state index contributed by atoms with van der Waals surface area (Å²) in [5.74, 6) is 0.501. The van der Waals surface area contributed by atoms with Crippen LogP contribution in [0.15, 0.2) is 18.3 Å². The molecule has 1 aromatic heterocycles. The van der Waals surface area contributed by atoms with Gasteiger partial charge in [-0.25, -0.2) is 9.37 Å². The number of hydrogen-bond donors (Lipinski definition) is 2. The lowest BCUT2D eigenvalue weighted by atomic mass is 10.1. The van der Waals surface area contributed by atoms with Gasteiger partial charge in [0.2, 0.25) is 5.91 Å². The zero-order valence-corrected chi connectivity index (χ0v) is 12.1. The number of aromatic nitrogens is 1. The quantitative estimate of drug-likeness (QED) is 0.857. The molecule has 3 atom stereocenters. The second kappa shape index (κ2) is 6.28. The van der Waals surface area contributed by atoms with E-state index in [2.05, 4.69) is 21.7 Å². The lowest BCUT2D eigenvalue weighted by Crippen LogP contribution is -2.42. The van der Waals surface area contributed by atoms with Gasteiger partial charge in [0.05, 0.1) is 18.2 Å². The van der Waals surface area contributed by atoms with Crippen molar-refractivity contribution in [3.05, 3.63) is 23.9 Å². The Kier molecular flexibility index (Phi) is 4.20. The zero-order chi connectivity index (χ0) is 15.5. The molecule has 3 heterocycles. The molecule has 1 unspecified atom stereocenters. The first-order valence-corrected chi connectivity index (χ1v) is 7.45. The Labute approximate surface area is 128 Å². The van der Waals surface area contributed by atoms with E-state index in [-0.39, 0.29) is 24.5 Å². The van der Waals surface area contributed by atoms with Crippen LogP contribution >= 0.6 is 0 Å². The average Bonchev–Trinajstić information content (AvgIpc) is 3.16. The number of rotatable bonds is 3. The van der Waals surface area contributed by atoms with Crippen molar-refractivity contribution in [3.63, 3.8) is 0 Å². The number of nitrogens with one attached hydrogen (secondary N) is 2. The molecule has 2 fully saturated rings. The summed E-state index contributed by atoms with van der Waals surface area (Å²) in [7, 11) is 0. The fourth-order valence-electron chi connectivity index (χ4n) is 2.98. The maximum atomic E-state index is 13.2. The second-order valence-corrected chi connectivity index (χ2v) is 5.72. The monoisotopic (exact) mass is 303 g/mol. The predicted octanol–water partition coefficient (Wildman–Crippen LogP) is 0.666. The lowest BCUT2D eigenvalue weighted by Gasteiger charge is -2.20. The second-order valence-electron chi connectivity index (χ2n) is 5.72. The normalized spacial score (nSPS) is 27.6. The maximum absolute atomic E-state index is 13.2. The Morgan fingerprint density at radius 1 is 1.59 bits per heavy atom. The van der Waals surface area contributed by atoms with Gasteiger partial charge in [-0.15, -0.1) is 0 Å². The summed E-state index contributed by atoms with van der Waals surface area (Å²) < 4.78 is 13.2. The summed E-state index contributed by atoms with van der Waals surface area (Å²) in [6.45, 7) is 1.31. The summed E-state index contributed by atoms with van der Waals surface area (Å²) in [4.78, 5) is 18.1. The smallest absolute Gasteiger partial charge is 0.239 e. The van der Waals surface area contributed by atoms with E-state index in [1.54, 1.807) is 23.2 Å². The highest BCUT2D eigenvalue weighted by atomic mass is 19.1. The standard InChI is InChI=1S/C15H18FN5O/c16-11-3-5-21(9-11)15(22)13-6-12(8-19-13)20-14-10(7-17)2-1-4-18-14/h1-2,4,11-13,19H,3,5-6,8-9H2,(H,18,20)/t11?,12-,13-/m0/s1. The number of halogens is 1. The van der Waals surface area contributed by atoms with Crippen LogP contribution in [0.3, 0.4) is 0 Å². The third-order valence-electron chi connectivity index (χ3n) is 4.14. The van der Waals surface area contributed by atoms with Gasteiger partial charge in [0.1, 0.15) is 18.1 Å². The van der Waals surface area contributed by atoms with Crippen molar-refractivity contribution in [1.29, 1.82) is 5.26 Å². The van der Waals surface area contributed by atoms with Crippen LogP contribution in [0, 0.1) is 11.3 Å². The Morgan fingerprint density at radius 2 is 2.45 bits per heavy atom. The first-order chi connectivity index (χ1) is 10.7. The first kappa shape index (κ1) is 14.7. The maximum Gasteiger partial charge on any atom is 0.239 e. The van der Waals surface area contributed by atoms with E-state index >= 15 is 0 Å². The van der Waals surface area contributed by atoms with Gasteiger partial charge in [0.25, 0.3) is 0 Å². The van der Waals surface area contributed by atoms with Gasteiger partial charge in [-0.1, -0.05) is 0 Å². The Hall–Kier alpha value is -2.20. The highest BCUT2D eigenvalue weighted by molar-refractivity contribution is 5.82. The number of hydrogen-bond acceptors (Lipinski definition) is 5. The molecule has 1 aromatic rings. The van der Waals surface area contributed by atoms with Crippen LogP contribution in [0.5, 0.6) is 0 Å². The molecular weight excluding hydrogens is 285 g/mol. The molecule has 0 spiro atoms. The summed E-state index contributed by atoms with van der Waals surface area (Å²) in [6, 6.07) is 5.24. The third kappa shape index (κ3) is 3.02. The van der Waals surface area contributed by atoms with E-state index in [9.17, 15) is 9.18 Å². The Balaban J connectivity index is 1.58. The van der Waals surface area contributed by atoms with Crippen LogP contribution in [0.2, 0.25) is 0 Å². The van der Waals surface area contributed by atoms with Crippen LogP contribution in [-0.2, 0) is 4.79 Å². The minimum atomic E-state index is -0.897. The Morgan fingerprint density at radius 3 is 3.18 bits per heavy atom. The number of pyridine rings is 1. The molecule has 3 rings (SSSR count). The highest BCUT2D eigenvalue weighted by Crippen LogP contribution is 2.19. The number of carbonyl (C=O) groups excluding carboxylic acids is 1. The van der Waals surface area contributed by atoms with Gasteiger partial charge in [-0.3, -0.25) is 4.79 Å². The number of carbonyl (C=O) groups is 1. The summed E-state index contributed by atoms with van der Waals surface area (Å²) >= 11 is 0. The van der Waals surface area contributed by atoms with Gasteiger partial charge in [-0.05, 0) is 25.0 Å². The summed E-state index contributed by atoms with van der Waals surface area (Å²) in [6.07, 6.45) is 1.76. The van der Waals surface area contributed by atoms with Gasteiger partial charge < -0.3 is 15.5 Å². The van der Waals surface area contributed by atoms with Crippen molar-refractivity contribution in [1.82, 2.24) is 15.2 Å². The molecule has 0 aromatic carbocycles. The fourth-order valence-corrected chi connectivity index (χ4v) is 2.98. The Bertz CT molecular complexity index is 602. The highest BCUT2D eigenvalue weighted by Gasteiger charge is 2.35. The van der Waals surface area contributed by atoms with Crippen LogP contribution in [0.25, 0.3) is 0 Å². The van der Waals surface area contributed by atoms with E-state index in [1.807, 2.05) is 0 Å². The van der Waals surface area contributed by atoms with Crippen molar-refractivity contribution in [3.8, 4) is 6.07 Å². The number of alkyl halides is 1. The molecular formula is C15H18FN5O. The van der Waals surface area contributed by atoms with Crippen molar-refractivity contribution in [2.45, 2.75) is 31.1 Å². The lowest BCUT2D eigenvalue weighted by molar-refractivity contribution is -0.132. The average molecular weight is 303 g/mol. The van der Waals surface area contributed by atoms with Crippen LogP contribution in [0.1, 0.15) is 18.4 Å². The summed E-state index contributed by atoms with van der Waals surface area (Å²) in [5.41, 5.74) is 0.483. The minimum Gasteiger partial charge on any atom is -0.365 e. The van der Waals surface area contributed by atoms with Crippen molar-refractivity contribution < 1.29 is 9.18 Å². The van der Waals surface area contributed by atoms with Gasteiger partial charge in [-0.2, -0.15) is 5.26 Å². The molecule has 2 N–H and O–H groups in total. The molecule has 2 saturated heterocycles. The van der Waals surface area contributed by atoms with E-state index in [4.69, 9.17) is 5.26 Å². The van der Waals surface area contributed by atoms with Crippen LogP contribution in [0.4, 0.5) is 10.2 Å². The van der Waals surface area contributed by atoms with Gasteiger partial charge in [0.15, 0.2) is 0 Å². The molecule has 0 bridgehead atoms. The van der Waals surface area contributed by atoms with Crippen molar-refractivity contribution >= 4 is 11.7 Å². The molecule has 116 valence electrons. The van der Waals surface area contributed by atoms with E-state index < -0.39 is 6.17 Å². The largest absolute Gasteiger partial charge is 0.365 e. The molecule has 1 amide bonds. The molecule has 6 nitrogen and oxygen atoms in total. The van der Waals surface area contributed by atoms with Crippen molar-refractivity contribution in [2.24, 2.45) is 0 Å². The van der Waals surface area contributed by atoms with Gasteiger partial charge >= 0.3 is 0 Å². The molecule has 7 heteroatoms. The number of nitriles is 1. The zero-order valence-electron chi connectivity index (χ0n) is 12.1. The number of likely N-dealkylation sites (tertiary alicyclic amines) is 1. The van der Waals surface area contributed by atoms with Crippen LogP contribution in [-0.4, -0.2) is 53.7 Å². The van der Waals surface area contributed by atoms with Gasteiger partial charge in [0, 0.05) is 25.3 Å². The molecule has 22 heavy (non-hydrogen) atoms. The fraction of sp³-hybridized carbons (Fsp3) is 0.533.